The number of hydrogen-bond donors (Lipinski definition) is 1. The SMILES string of the molecule is CC1CCCN(C(=O)c2cccc(S(=O)(=O)Nc3cccc(F)c3)c2)C1. The van der Waals surface area contributed by atoms with Crippen molar-refractivity contribution in [3.8, 4) is 0 Å². The standard InChI is InChI=1S/C19H21FN2O3S/c1-14-5-4-10-22(13-14)19(23)15-6-2-9-18(11-15)26(24,25)21-17-8-3-7-16(20)12-17/h2-3,6-9,11-12,14,21H,4-5,10,13H2,1H3. The lowest BCUT2D eigenvalue weighted by Crippen LogP contribution is -2.39. The number of carbonyl (C=O) groups is 1. The van der Waals surface area contributed by atoms with E-state index in [0.717, 1.165) is 18.9 Å². The molecule has 1 unspecified atom stereocenters. The second-order valence-electron chi connectivity index (χ2n) is 6.64. The highest BCUT2D eigenvalue weighted by Crippen LogP contribution is 2.21. The molecule has 2 aromatic carbocycles. The normalized spacial score (nSPS) is 17.8. The fourth-order valence-electron chi connectivity index (χ4n) is 3.12. The Labute approximate surface area is 152 Å². The van der Waals surface area contributed by atoms with Gasteiger partial charge in [-0.2, -0.15) is 0 Å². The van der Waals surface area contributed by atoms with E-state index in [1.165, 1.54) is 30.3 Å². The van der Waals surface area contributed by atoms with Gasteiger partial charge in [0.1, 0.15) is 5.82 Å². The molecule has 138 valence electrons. The highest BCUT2D eigenvalue weighted by Gasteiger charge is 2.23. The Bertz CT molecular complexity index is 915. The number of hydrogen-bond acceptors (Lipinski definition) is 3. The van der Waals surface area contributed by atoms with Crippen molar-refractivity contribution >= 4 is 21.6 Å². The zero-order valence-corrected chi connectivity index (χ0v) is 15.3. The summed E-state index contributed by atoms with van der Waals surface area (Å²) in [4.78, 5) is 14.4. The van der Waals surface area contributed by atoms with Crippen LogP contribution < -0.4 is 4.72 Å². The van der Waals surface area contributed by atoms with Gasteiger partial charge in [-0.05, 0) is 55.2 Å². The maximum atomic E-state index is 13.3. The smallest absolute Gasteiger partial charge is 0.261 e. The number of amides is 1. The van der Waals surface area contributed by atoms with E-state index in [4.69, 9.17) is 0 Å². The van der Waals surface area contributed by atoms with E-state index in [1.54, 1.807) is 17.0 Å². The van der Waals surface area contributed by atoms with Crippen LogP contribution >= 0.6 is 0 Å². The Morgan fingerprint density at radius 2 is 1.96 bits per heavy atom. The zero-order valence-electron chi connectivity index (χ0n) is 14.5. The van der Waals surface area contributed by atoms with E-state index >= 15 is 0 Å². The molecule has 3 rings (SSSR count). The lowest BCUT2D eigenvalue weighted by Gasteiger charge is -2.31. The molecule has 1 fully saturated rings. The number of nitrogens with zero attached hydrogens (tertiary/aromatic N) is 1. The molecule has 0 aromatic heterocycles. The zero-order chi connectivity index (χ0) is 18.7. The van der Waals surface area contributed by atoms with E-state index in [0.29, 0.717) is 24.6 Å². The van der Waals surface area contributed by atoms with Gasteiger partial charge in [-0.25, -0.2) is 12.8 Å². The van der Waals surface area contributed by atoms with Gasteiger partial charge in [0.15, 0.2) is 0 Å². The van der Waals surface area contributed by atoms with Crippen LogP contribution in [0.2, 0.25) is 0 Å². The largest absolute Gasteiger partial charge is 0.338 e. The van der Waals surface area contributed by atoms with Crippen LogP contribution in [-0.2, 0) is 10.0 Å². The summed E-state index contributed by atoms with van der Waals surface area (Å²) in [7, 11) is -3.92. The summed E-state index contributed by atoms with van der Waals surface area (Å²) in [6.07, 6.45) is 2.04. The Balaban J connectivity index is 1.83. The fraction of sp³-hybridized carbons (Fsp3) is 0.316. The van der Waals surface area contributed by atoms with Crippen LogP contribution in [0.25, 0.3) is 0 Å². The Kier molecular flexibility index (Phi) is 5.27. The number of nitrogens with one attached hydrogen (secondary N) is 1. The summed E-state index contributed by atoms with van der Waals surface area (Å²) in [5, 5.41) is 0. The van der Waals surface area contributed by atoms with Gasteiger partial charge in [0.05, 0.1) is 10.6 Å². The molecule has 26 heavy (non-hydrogen) atoms. The number of piperidine rings is 1. The van der Waals surface area contributed by atoms with Gasteiger partial charge in [-0.3, -0.25) is 9.52 Å². The number of halogens is 1. The molecule has 0 radical (unpaired) electrons. The number of rotatable bonds is 4. The van der Waals surface area contributed by atoms with Gasteiger partial charge >= 0.3 is 0 Å². The van der Waals surface area contributed by atoms with Gasteiger partial charge in [0.25, 0.3) is 15.9 Å². The predicted molar refractivity (Wildman–Crippen MR) is 98.0 cm³/mol. The fourth-order valence-corrected chi connectivity index (χ4v) is 4.21. The topological polar surface area (TPSA) is 66.5 Å². The highest BCUT2D eigenvalue weighted by atomic mass is 32.2. The summed E-state index contributed by atoms with van der Waals surface area (Å²) >= 11 is 0. The maximum Gasteiger partial charge on any atom is 0.261 e. The molecule has 0 saturated carbocycles. The van der Waals surface area contributed by atoms with E-state index in [-0.39, 0.29) is 16.5 Å². The second-order valence-corrected chi connectivity index (χ2v) is 8.32. The van der Waals surface area contributed by atoms with Crippen molar-refractivity contribution in [2.45, 2.75) is 24.7 Å². The summed E-state index contributed by atoms with van der Waals surface area (Å²) in [5.74, 6) is -0.262. The first-order valence-electron chi connectivity index (χ1n) is 8.53. The van der Waals surface area contributed by atoms with Crippen molar-refractivity contribution in [3.05, 3.63) is 59.9 Å². The lowest BCUT2D eigenvalue weighted by atomic mass is 9.99. The van der Waals surface area contributed by atoms with E-state index in [1.807, 2.05) is 0 Å². The van der Waals surface area contributed by atoms with Crippen LogP contribution in [0.5, 0.6) is 0 Å². The van der Waals surface area contributed by atoms with Crippen molar-refractivity contribution in [2.24, 2.45) is 5.92 Å². The van der Waals surface area contributed by atoms with E-state index in [9.17, 15) is 17.6 Å². The molecule has 1 aliphatic rings. The summed E-state index contributed by atoms with van der Waals surface area (Å²) < 4.78 is 40.7. The second kappa shape index (κ2) is 7.45. The van der Waals surface area contributed by atoms with Crippen molar-refractivity contribution in [1.82, 2.24) is 4.90 Å². The monoisotopic (exact) mass is 376 g/mol. The number of likely N-dealkylation sites (tertiary alicyclic amines) is 1. The molecule has 0 bridgehead atoms. The minimum atomic E-state index is -3.92. The average Bonchev–Trinajstić information content (AvgIpc) is 2.61. The molecule has 0 spiro atoms. The number of carbonyl (C=O) groups excluding carboxylic acids is 1. The van der Waals surface area contributed by atoms with Crippen LogP contribution in [0.15, 0.2) is 53.4 Å². The van der Waals surface area contributed by atoms with Gasteiger partial charge in [-0.15, -0.1) is 0 Å². The van der Waals surface area contributed by atoms with Crippen LogP contribution in [0.4, 0.5) is 10.1 Å². The summed E-state index contributed by atoms with van der Waals surface area (Å²) in [6.45, 7) is 3.46. The van der Waals surface area contributed by atoms with Crippen molar-refractivity contribution in [1.29, 1.82) is 0 Å². The molecule has 7 heteroatoms. The predicted octanol–water partition coefficient (Wildman–Crippen LogP) is 3.50. The minimum Gasteiger partial charge on any atom is -0.338 e. The molecule has 2 aromatic rings. The van der Waals surface area contributed by atoms with E-state index in [2.05, 4.69) is 11.6 Å². The minimum absolute atomic E-state index is 0.0299. The van der Waals surface area contributed by atoms with Crippen molar-refractivity contribution < 1.29 is 17.6 Å². The third kappa shape index (κ3) is 4.22. The number of anilines is 1. The van der Waals surface area contributed by atoms with Crippen molar-refractivity contribution in [3.63, 3.8) is 0 Å². The maximum absolute atomic E-state index is 13.3. The summed E-state index contributed by atoms with van der Waals surface area (Å²) in [6, 6.07) is 11.2. The Hall–Kier alpha value is -2.41. The number of sulfonamides is 1. The third-order valence-corrected chi connectivity index (χ3v) is 5.79. The van der Waals surface area contributed by atoms with Gasteiger partial charge in [-0.1, -0.05) is 19.1 Å². The first kappa shape index (κ1) is 18.4. The molecule has 1 saturated heterocycles. The number of benzene rings is 2. The van der Waals surface area contributed by atoms with Gasteiger partial charge < -0.3 is 4.90 Å². The van der Waals surface area contributed by atoms with Gasteiger partial charge in [0.2, 0.25) is 0 Å². The molecule has 1 aliphatic heterocycles. The molecule has 0 aliphatic carbocycles. The summed E-state index contributed by atoms with van der Waals surface area (Å²) in [5.41, 5.74) is 0.466. The van der Waals surface area contributed by atoms with E-state index < -0.39 is 15.8 Å². The lowest BCUT2D eigenvalue weighted by molar-refractivity contribution is 0.0683. The third-order valence-electron chi connectivity index (χ3n) is 4.41. The van der Waals surface area contributed by atoms with Gasteiger partial charge in [0, 0.05) is 18.7 Å². The van der Waals surface area contributed by atoms with Crippen molar-refractivity contribution in [2.75, 3.05) is 17.8 Å². The highest BCUT2D eigenvalue weighted by molar-refractivity contribution is 7.92. The molecule has 1 amide bonds. The van der Waals surface area contributed by atoms with Crippen LogP contribution in [0.3, 0.4) is 0 Å². The molecule has 1 N–H and O–H groups in total. The first-order valence-corrected chi connectivity index (χ1v) is 10.0. The molecular formula is C19H21FN2O3S. The molecule has 1 atom stereocenters. The molecule has 1 heterocycles. The average molecular weight is 376 g/mol. The first-order chi connectivity index (χ1) is 12.3. The molecular weight excluding hydrogens is 355 g/mol. The Morgan fingerprint density at radius 3 is 2.69 bits per heavy atom. The Morgan fingerprint density at radius 1 is 1.19 bits per heavy atom. The quantitative estimate of drug-likeness (QED) is 0.888. The van der Waals surface area contributed by atoms with Crippen LogP contribution in [0, 0.1) is 11.7 Å². The molecule has 5 nitrogen and oxygen atoms in total. The van der Waals surface area contributed by atoms with Crippen LogP contribution in [0.1, 0.15) is 30.1 Å². The van der Waals surface area contributed by atoms with Crippen LogP contribution in [-0.4, -0.2) is 32.3 Å².